The average molecular weight is 287 g/mol. The van der Waals surface area contributed by atoms with Gasteiger partial charge in [-0.1, -0.05) is 17.7 Å². The Morgan fingerprint density at radius 1 is 1.47 bits per heavy atom. The van der Waals surface area contributed by atoms with E-state index in [4.69, 9.17) is 11.6 Å². The molecule has 0 radical (unpaired) electrons. The number of nitrogens with one attached hydrogen (secondary N) is 2. The first-order chi connectivity index (χ1) is 7.25. The maximum atomic E-state index is 5.98. The Labute approximate surface area is 101 Å². The molecule has 0 bridgehead atoms. The van der Waals surface area contributed by atoms with Crippen LogP contribution in [0.2, 0.25) is 5.02 Å². The van der Waals surface area contributed by atoms with E-state index in [1.165, 1.54) is 0 Å². The second-order valence-electron chi connectivity index (χ2n) is 3.09. The lowest BCUT2D eigenvalue weighted by Crippen LogP contribution is -1.97. The summed E-state index contributed by atoms with van der Waals surface area (Å²) < 4.78 is 0.913. The zero-order valence-corrected chi connectivity index (χ0v) is 10.1. The highest BCUT2D eigenvalue weighted by molar-refractivity contribution is 9.10. The maximum Gasteiger partial charge on any atom is 0.0726 e. The average Bonchev–Trinajstić information content (AvgIpc) is 2.73. The monoisotopic (exact) mass is 285 g/mol. The van der Waals surface area contributed by atoms with Crippen LogP contribution in [0.1, 0.15) is 5.56 Å². The third kappa shape index (κ3) is 2.73. The van der Waals surface area contributed by atoms with Gasteiger partial charge in [0, 0.05) is 17.2 Å². The largest absolute Gasteiger partial charge is 0.378 e. The zero-order chi connectivity index (χ0) is 10.7. The third-order valence-electron chi connectivity index (χ3n) is 1.98. The van der Waals surface area contributed by atoms with Gasteiger partial charge in [0.25, 0.3) is 0 Å². The van der Waals surface area contributed by atoms with Crippen LogP contribution in [-0.4, -0.2) is 10.2 Å². The van der Waals surface area contributed by atoms with Crippen molar-refractivity contribution in [1.82, 2.24) is 10.2 Å². The smallest absolute Gasteiger partial charge is 0.0726 e. The molecule has 1 heterocycles. The van der Waals surface area contributed by atoms with E-state index in [-0.39, 0.29) is 0 Å². The molecule has 0 aliphatic carbocycles. The van der Waals surface area contributed by atoms with E-state index in [9.17, 15) is 0 Å². The number of aromatic amines is 1. The first-order valence-corrected chi connectivity index (χ1v) is 5.59. The van der Waals surface area contributed by atoms with Crippen LogP contribution in [0.4, 0.5) is 5.69 Å². The standard InChI is InChI=1S/C10H9BrClN3/c11-9-2-1-7(3-10(9)12)4-13-8-5-14-15-6-8/h1-3,5-6,13H,4H2,(H,14,15). The molecule has 15 heavy (non-hydrogen) atoms. The molecule has 0 aliphatic rings. The van der Waals surface area contributed by atoms with E-state index in [0.29, 0.717) is 0 Å². The highest BCUT2D eigenvalue weighted by Gasteiger charge is 1.99. The minimum absolute atomic E-state index is 0.724. The summed E-state index contributed by atoms with van der Waals surface area (Å²) in [6.07, 6.45) is 3.54. The summed E-state index contributed by atoms with van der Waals surface area (Å²) in [5.41, 5.74) is 2.10. The van der Waals surface area contributed by atoms with E-state index < -0.39 is 0 Å². The lowest BCUT2D eigenvalue weighted by molar-refractivity contribution is 1.09. The molecule has 0 fully saturated rings. The van der Waals surface area contributed by atoms with Crippen molar-refractivity contribution in [1.29, 1.82) is 0 Å². The van der Waals surface area contributed by atoms with Gasteiger partial charge in [0.1, 0.15) is 0 Å². The van der Waals surface area contributed by atoms with Crippen LogP contribution in [0.15, 0.2) is 35.1 Å². The molecule has 1 aromatic carbocycles. The molecule has 1 aromatic heterocycles. The normalized spacial score (nSPS) is 10.3. The predicted molar refractivity (Wildman–Crippen MR) is 65.1 cm³/mol. The van der Waals surface area contributed by atoms with Crippen molar-refractivity contribution in [3.8, 4) is 0 Å². The molecule has 0 aliphatic heterocycles. The van der Waals surface area contributed by atoms with Crippen molar-refractivity contribution in [3.63, 3.8) is 0 Å². The minimum Gasteiger partial charge on any atom is -0.378 e. The van der Waals surface area contributed by atoms with Gasteiger partial charge < -0.3 is 5.32 Å². The SMILES string of the molecule is Clc1cc(CNc2cn[nH]c2)ccc1Br. The van der Waals surface area contributed by atoms with E-state index in [1.54, 1.807) is 12.4 Å². The zero-order valence-electron chi connectivity index (χ0n) is 7.80. The van der Waals surface area contributed by atoms with Crippen molar-refractivity contribution < 1.29 is 0 Å². The number of hydrogen-bond donors (Lipinski definition) is 2. The van der Waals surface area contributed by atoms with E-state index >= 15 is 0 Å². The Morgan fingerprint density at radius 3 is 3.00 bits per heavy atom. The fraction of sp³-hybridized carbons (Fsp3) is 0.100. The van der Waals surface area contributed by atoms with Crippen molar-refractivity contribution in [2.45, 2.75) is 6.54 Å². The highest BCUT2D eigenvalue weighted by atomic mass is 79.9. The molecule has 78 valence electrons. The maximum absolute atomic E-state index is 5.98. The summed E-state index contributed by atoms with van der Waals surface area (Å²) >= 11 is 9.33. The number of aromatic nitrogens is 2. The lowest BCUT2D eigenvalue weighted by Gasteiger charge is -2.04. The Bertz CT molecular complexity index is 442. The van der Waals surface area contributed by atoms with Crippen LogP contribution in [0, 0.1) is 0 Å². The molecule has 5 heteroatoms. The Morgan fingerprint density at radius 2 is 2.33 bits per heavy atom. The van der Waals surface area contributed by atoms with Crippen LogP contribution in [0.25, 0.3) is 0 Å². The van der Waals surface area contributed by atoms with Crippen LogP contribution in [-0.2, 0) is 6.54 Å². The number of rotatable bonds is 3. The quantitative estimate of drug-likeness (QED) is 0.907. The van der Waals surface area contributed by atoms with Crippen LogP contribution in [0.3, 0.4) is 0 Å². The molecule has 0 atom stereocenters. The van der Waals surface area contributed by atoms with Crippen molar-refractivity contribution in [3.05, 3.63) is 45.7 Å². The number of halogens is 2. The second kappa shape index (κ2) is 4.68. The molecule has 2 aromatic rings. The molecule has 0 spiro atoms. The van der Waals surface area contributed by atoms with Gasteiger partial charge in [-0.15, -0.1) is 0 Å². The van der Waals surface area contributed by atoms with Crippen molar-refractivity contribution in [2.24, 2.45) is 0 Å². The van der Waals surface area contributed by atoms with Gasteiger partial charge >= 0.3 is 0 Å². The van der Waals surface area contributed by atoms with Crippen LogP contribution in [0.5, 0.6) is 0 Å². The molecule has 0 amide bonds. The van der Waals surface area contributed by atoms with Gasteiger partial charge in [-0.05, 0) is 33.6 Å². The van der Waals surface area contributed by atoms with E-state index in [1.807, 2.05) is 18.2 Å². The van der Waals surface area contributed by atoms with E-state index in [0.717, 1.165) is 27.3 Å². The number of hydrogen-bond acceptors (Lipinski definition) is 2. The molecule has 0 saturated carbocycles. The number of nitrogens with zero attached hydrogens (tertiary/aromatic N) is 1. The highest BCUT2D eigenvalue weighted by Crippen LogP contribution is 2.23. The van der Waals surface area contributed by atoms with E-state index in [2.05, 4.69) is 31.4 Å². The Balaban J connectivity index is 2.02. The van der Waals surface area contributed by atoms with Gasteiger partial charge in [0.2, 0.25) is 0 Å². The summed E-state index contributed by atoms with van der Waals surface area (Å²) in [6, 6.07) is 5.89. The summed E-state index contributed by atoms with van der Waals surface area (Å²) in [6.45, 7) is 0.729. The van der Waals surface area contributed by atoms with Crippen LogP contribution >= 0.6 is 27.5 Å². The van der Waals surface area contributed by atoms with Crippen molar-refractivity contribution >= 4 is 33.2 Å². The minimum atomic E-state index is 0.724. The fourth-order valence-corrected chi connectivity index (χ4v) is 1.65. The lowest BCUT2D eigenvalue weighted by atomic mass is 10.2. The molecular formula is C10H9BrClN3. The van der Waals surface area contributed by atoms with Crippen LogP contribution < -0.4 is 5.32 Å². The Kier molecular flexibility index (Phi) is 3.28. The molecular weight excluding hydrogens is 277 g/mol. The number of benzene rings is 1. The fourth-order valence-electron chi connectivity index (χ4n) is 1.20. The topological polar surface area (TPSA) is 40.7 Å². The number of anilines is 1. The summed E-state index contributed by atoms with van der Waals surface area (Å²) in [7, 11) is 0. The molecule has 3 nitrogen and oxygen atoms in total. The molecule has 0 saturated heterocycles. The summed E-state index contributed by atoms with van der Waals surface area (Å²) in [4.78, 5) is 0. The molecule has 0 unspecified atom stereocenters. The first kappa shape index (κ1) is 10.5. The Hall–Kier alpha value is -1.000. The van der Waals surface area contributed by atoms with Gasteiger partial charge in [-0.25, -0.2) is 0 Å². The third-order valence-corrected chi connectivity index (χ3v) is 3.21. The van der Waals surface area contributed by atoms with Gasteiger partial charge in [-0.2, -0.15) is 5.10 Å². The van der Waals surface area contributed by atoms with Gasteiger partial charge in [0.05, 0.1) is 16.9 Å². The predicted octanol–water partition coefficient (Wildman–Crippen LogP) is 3.44. The van der Waals surface area contributed by atoms with Gasteiger partial charge in [0.15, 0.2) is 0 Å². The molecule has 2 N–H and O–H groups in total. The second-order valence-corrected chi connectivity index (χ2v) is 4.35. The molecule has 2 rings (SSSR count). The number of H-pyrrole nitrogens is 1. The summed E-state index contributed by atoms with van der Waals surface area (Å²) in [5, 5.41) is 10.5. The van der Waals surface area contributed by atoms with Crippen molar-refractivity contribution in [2.75, 3.05) is 5.32 Å². The first-order valence-electron chi connectivity index (χ1n) is 4.42. The summed E-state index contributed by atoms with van der Waals surface area (Å²) in [5.74, 6) is 0. The van der Waals surface area contributed by atoms with Gasteiger partial charge in [-0.3, -0.25) is 5.10 Å².